The van der Waals surface area contributed by atoms with Crippen LogP contribution in [0, 0.1) is 10.1 Å². The summed E-state index contributed by atoms with van der Waals surface area (Å²) in [6.07, 6.45) is 0. The maximum Gasteiger partial charge on any atom is 0.269 e. The number of rotatable bonds is 8. The maximum atomic E-state index is 10.7. The third-order valence-electron chi connectivity index (χ3n) is 3.76. The Morgan fingerprint density at radius 2 is 1.74 bits per heavy atom. The van der Waals surface area contributed by atoms with E-state index in [0.29, 0.717) is 29.7 Å². The van der Waals surface area contributed by atoms with Crippen LogP contribution >= 0.6 is 11.6 Å². The first-order valence-electron chi connectivity index (χ1n) is 8.76. The molecular weight excluding hydrogens is 368 g/mol. The van der Waals surface area contributed by atoms with Gasteiger partial charge < -0.3 is 14.8 Å². The van der Waals surface area contributed by atoms with Gasteiger partial charge in [0.05, 0.1) is 11.5 Å². The Bertz CT molecular complexity index is 786. The maximum absolute atomic E-state index is 10.7. The molecule has 27 heavy (non-hydrogen) atoms. The fraction of sp³-hybridized carbons (Fsp3) is 0.400. The third kappa shape index (κ3) is 6.41. The zero-order valence-electron chi connectivity index (χ0n) is 16.0. The number of nitrogens with one attached hydrogen (secondary N) is 1. The van der Waals surface area contributed by atoms with E-state index in [4.69, 9.17) is 21.1 Å². The molecule has 2 aromatic carbocycles. The summed E-state index contributed by atoms with van der Waals surface area (Å²) < 4.78 is 11.6. The van der Waals surface area contributed by atoms with Crippen LogP contribution in [0.4, 0.5) is 5.69 Å². The van der Waals surface area contributed by atoms with Crippen molar-refractivity contribution in [2.45, 2.75) is 46.4 Å². The molecule has 0 radical (unpaired) electrons. The van der Waals surface area contributed by atoms with E-state index < -0.39 is 4.92 Å². The molecule has 0 atom stereocenters. The molecule has 0 unspecified atom stereocenters. The highest BCUT2D eigenvalue weighted by atomic mass is 35.5. The first kappa shape index (κ1) is 21.0. The van der Waals surface area contributed by atoms with Gasteiger partial charge in [0.1, 0.15) is 6.61 Å². The van der Waals surface area contributed by atoms with Crippen LogP contribution in [0.5, 0.6) is 11.5 Å². The average molecular weight is 393 g/mol. The Morgan fingerprint density at radius 1 is 1.11 bits per heavy atom. The molecule has 2 aromatic rings. The van der Waals surface area contributed by atoms with Gasteiger partial charge >= 0.3 is 0 Å². The molecule has 0 fully saturated rings. The molecule has 2 rings (SSSR count). The number of non-ortho nitro benzene ring substituents is 1. The second kappa shape index (κ2) is 9.06. The minimum absolute atomic E-state index is 0.0276. The van der Waals surface area contributed by atoms with Crippen molar-refractivity contribution in [2.75, 3.05) is 6.61 Å². The van der Waals surface area contributed by atoms with Crippen molar-refractivity contribution in [1.82, 2.24) is 5.32 Å². The Morgan fingerprint density at radius 3 is 2.30 bits per heavy atom. The molecule has 146 valence electrons. The summed E-state index contributed by atoms with van der Waals surface area (Å²) in [5.74, 6) is 1.16. The van der Waals surface area contributed by atoms with E-state index in [2.05, 4.69) is 26.1 Å². The van der Waals surface area contributed by atoms with Gasteiger partial charge in [-0.2, -0.15) is 0 Å². The number of nitro benzene ring substituents is 1. The third-order valence-corrected chi connectivity index (χ3v) is 4.12. The molecule has 0 aliphatic rings. The van der Waals surface area contributed by atoms with E-state index in [9.17, 15) is 10.1 Å². The van der Waals surface area contributed by atoms with Gasteiger partial charge in [0, 0.05) is 35.3 Å². The first-order valence-corrected chi connectivity index (χ1v) is 9.14. The standard InChI is InChI=1S/C20H25ClN2O4/c1-5-26-18-10-15(12-22-20(2,3)4)17(21)11-19(18)27-13-14-6-8-16(9-7-14)23(24)25/h6-11,22H,5,12-13H2,1-4H3. The van der Waals surface area contributed by atoms with Gasteiger partial charge in [-0.1, -0.05) is 11.6 Å². The topological polar surface area (TPSA) is 73.6 Å². The first-order chi connectivity index (χ1) is 12.7. The number of benzene rings is 2. The highest BCUT2D eigenvalue weighted by molar-refractivity contribution is 6.31. The van der Waals surface area contributed by atoms with Crippen molar-refractivity contribution in [2.24, 2.45) is 0 Å². The fourth-order valence-electron chi connectivity index (χ4n) is 2.33. The number of hydrogen-bond donors (Lipinski definition) is 1. The quantitative estimate of drug-likeness (QED) is 0.499. The van der Waals surface area contributed by atoms with E-state index in [1.165, 1.54) is 12.1 Å². The van der Waals surface area contributed by atoms with Crippen LogP contribution < -0.4 is 14.8 Å². The van der Waals surface area contributed by atoms with Gasteiger partial charge in [0.15, 0.2) is 11.5 Å². The van der Waals surface area contributed by atoms with E-state index in [-0.39, 0.29) is 17.8 Å². The smallest absolute Gasteiger partial charge is 0.269 e. The molecular formula is C20H25ClN2O4. The van der Waals surface area contributed by atoms with Gasteiger partial charge in [-0.05, 0) is 57.0 Å². The molecule has 0 saturated heterocycles. The second-order valence-corrected chi connectivity index (χ2v) is 7.55. The zero-order chi connectivity index (χ0) is 20.0. The molecule has 0 spiro atoms. The molecule has 6 nitrogen and oxygen atoms in total. The lowest BCUT2D eigenvalue weighted by Gasteiger charge is -2.22. The van der Waals surface area contributed by atoms with Crippen molar-refractivity contribution >= 4 is 17.3 Å². The largest absolute Gasteiger partial charge is 0.490 e. The number of halogens is 1. The Hall–Kier alpha value is -2.31. The van der Waals surface area contributed by atoms with Crippen LogP contribution in [-0.4, -0.2) is 17.1 Å². The normalized spacial score (nSPS) is 11.3. The highest BCUT2D eigenvalue weighted by Gasteiger charge is 2.15. The van der Waals surface area contributed by atoms with Gasteiger partial charge in [-0.25, -0.2) is 0 Å². The van der Waals surface area contributed by atoms with Crippen LogP contribution in [0.1, 0.15) is 38.8 Å². The molecule has 0 aliphatic heterocycles. The highest BCUT2D eigenvalue weighted by Crippen LogP contribution is 2.34. The molecule has 0 heterocycles. The van der Waals surface area contributed by atoms with Crippen LogP contribution in [-0.2, 0) is 13.2 Å². The summed E-state index contributed by atoms with van der Waals surface area (Å²) in [6.45, 7) is 9.55. The predicted molar refractivity (Wildman–Crippen MR) is 107 cm³/mol. The van der Waals surface area contributed by atoms with Crippen molar-refractivity contribution in [3.8, 4) is 11.5 Å². The predicted octanol–water partition coefficient (Wildman–Crippen LogP) is 5.11. The van der Waals surface area contributed by atoms with E-state index in [1.807, 2.05) is 13.0 Å². The molecule has 1 N–H and O–H groups in total. The zero-order valence-corrected chi connectivity index (χ0v) is 16.8. The SMILES string of the molecule is CCOc1cc(CNC(C)(C)C)c(Cl)cc1OCc1ccc([N+](=O)[O-])cc1. The lowest BCUT2D eigenvalue weighted by atomic mass is 10.1. The molecule has 0 saturated carbocycles. The molecule has 0 bridgehead atoms. The minimum atomic E-state index is -0.429. The second-order valence-electron chi connectivity index (χ2n) is 7.14. The lowest BCUT2D eigenvalue weighted by Crippen LogP contribution is -2.35. The van der Waals surface area contributed by atoms with Crippen molar-refractivity contribution in [1.29, 1.82) is 0 Å². The minimum Gasteiger partial charge on any atom is -0.490 e. The summed E-state index contributed by atoms with van der Waals surface area (Å²) in [4.78, 5) is 10.3. The summed E-state index contributed by atoms with van der Waals surface area (Å²) in [7, 11) is 0. The number of nitrogens with zero attached hydrogens (tertiary/aromatic N) is 1. The number of hydrogen-bond acceptors (Lipinski definition) is 5. The average Bonchev–Trinajstić information content (AvgIpc) is 2.60. The molecule has 0 amide bonds. The van der Waals surface area contributed by atoms with Crippen LogP contribution in [0.25, 0.3) is 0 Å². The van der Waals surface area contributed by atoms with Gasteiger partial charge in [-0.3, -0.25) is 10.1 Å². The fourth-order valence-corrected chi connectivity index (χ4v) is 2.55. The van der Waals surface area contributed by atoms with Crippen molar-refractivity contribution in [3.63, 3.8) is 0 Å². The van der Waals surface area contributed by atoms with Gasteiger partial charge in [-0.15, -0.1) is 0 Å². The Balaban J connectivity index is 2.14. The monoisotopic (exact) mass is 392 g/mol. The van der Waals surface area contributed by atoms with Crippen LogP contribution in [0.15, 0.2) is 36.4 Å². The summed E-state index contributed by atoms with van der Waals surface area (Å²) in [5, 5.41) is 14.7. The Labute approximate surface area is 164 Å². The lowest BCUT2D eigenvalue weighted by molar-refractivity contribution is -0.384. The molecule has 0 aromatic heterocycles. The van der Waals surface area contributed by atoms with E-state index in [1.54, 1.807) is 18.2 Å². The van der Waals surface area contributed by atoms with Gasteiger partial charge in [0.2, 0.25) is 0 Å². The summed E-state index contributed by atoms with van der Waals surface area (Å²) in [5.41, 5.74) is 1.77. The summed E-state index contributed by atoms with van der Waals surface area (Å²) in [6, 6.07) is 9.88. The molecule has 0 aliphatic carbocycles. The van der Waals surface area contributed by atoms with Crippen molar-refractivity contribution < 1.29 is 14.4 Å². The van der Waals surface area contributed by atoms with Gasteiger partial charge in [0.25, 0.3) is 5.69 Å². The van der Waals surface area contributed by atoms with Crippen molar-refractivity contribution in [3.05, 3.63) is 62.7 Å². The molecule has 7 heteroatoms. The van der Waals surface area contributed by atoms with E-state index >= 15 is 0 Å². The summed E-state index contributed by atoms with van der Waals surface area (Å²) >= 11 is 6.42. The number of nitro groups is 1. The number of ether oxygens (including phenoxy) is 2. The van der Waals surface area contributed by atoms with Crippen LogP contribution in [0.2, 0.25) is 5.02 Å². The van der Waals surface area contributed by atoms with E-state index in [0.717, 1.165) is 11.1 Å². The Kier molecular flexibility index (Phi) is 7.05. The van der Waals surface area contributed by atoms with Crippen LogP contribution in [0.3, 0.4) is 0 Å².